The number of halogens is 1. The number of aromatic amines is 1. The van der Waals surface area contributed by atoms with Crippen LogP contribution in [0.1, 0.15) is 22.3 Å². The maximum atomic E-state index is 13.8. The van der Waals surface area contributed by atoms with Crippen LogP contribution in [0.25, 0.3) is 10.9 Å². The number of rotatable bonds is 6. The summed E-state index contributed by atoms with van der Waals surface area (Å²) in [6.07, 6.45) is 0. The van der Waals surface area contributed by atoms with Gasteiger partial charge in [-0.05, 0) is 66.9 Å². The molecule has 2 heterocycles. The lowest BCUT2D eigenvalue weighted by molar-refractivity contribution is 0.171. The highest BCUT2D eigenvalue weighted by Crippen LogP contribution is 2.34. The summed E-state index contributed by atoms with van der Waals surface area (Å²) in [7, 11) is -4.08. The molecule has 0 saturated heterocycles. The van der Waals surface area contributed by atoms with Crippen LogP contribution < -0.4 is 15.0 Å². The van der Waals surface area contributed by atoms with Crippen LogP contribution in [0.3, 0.4) is 0 Å². The van der Waals surface area contributed by atoms with Crippen LogP contribution in [0.15, 0.2) is 70.4 Å². The summed E-state index contributed by atoms with van der Waals surface area (Å²) in [4.78, 5) is 15.9. The van der Waals surface area contributed by atoms with E-state index in [0.717, 1.165) is 16.5 Å². The van der Waals surface area contributed by atoms with Gasteiger partial charge in [0.25, 0.3) is 5.56 Å². The van der Waals surface area contributed by atoms with Crippen molar-refractivity contribution in [3.05, 3.63) is 99.1 Å². The summed E-state index contributed by atoms with van der Waals surface area (Å²) in [6, 6.07) is 15.7. The summed E-state index contributed by atoms with van der Waals surface area (Å²) >= 11 is 0. The van der Waals surface area contributed by atoms with E-state index in [1.54, 1.807) is 12.1 Å². The van der Waals surface area contributed by atoms with Crippen LogP contribution in [0, 0.1) is 19.7 Å². The van der Waals surface area contributed by atoms with Gasteiger partial charge in [0.05, 0.1) is 4.90 Å². The molecule has 0 spiro atoms. The average molecular weight is 509 g/mol. The minimum atomic E-state index is -4.08. The predicted molar refractivity (Wildman–Crippen MR) is 134 cm³/mol. The molecule has 0 saturated carbocycles. The first-order valence-corrected chi connectivity index (χ1v) is 12.9. The third-order valence-electron chi connectivity index (χ3n) is 6.16. The van der Waals surface area contributed by atoms with Gasteiger partial charge in [0, 0.05) is 35.6 Å². The number of aromatic nitrogens is 1. The van der Waals surface area contributed by atoms with Gasteiger partial charge in [-0.3, -0.25) is 4.79 Å². The Labute approximate surface area is 208 Å². The zero-order valence-electron chi connectivity index (χ0n) is 19.9. The van der Waals surface area contributed by atoms with Crippen molar-refractivity contribution in [2.75, 3.05) is 13.2 Å². The van der Waals surface area contributed by atoms with E-state index in [1.807, 2.05) is 26.0 Å². The molecule has 4 aromatic rings. The lowest BCUT2D eigenvalue weighted by Gasteiger charge is -2.24. The van der Waals surface area contributed by atoms with E-state index in [0.29, 0.717) is 41.4 Å². The molecule has 0 fully saturated rings. The first kappa shape index (κ1) is 24.0. The van der Waals surface area contributed by atoms with Crippen molar-refractivity contribution in [2.24, 2.45) is 0 Å². The normalized spacial score (nSPS) is 13.3. The number of benzene rings is 3. The van der Waals surface area contributed by atoms with Gasteiger partial charge < -0.3 is 14.5 Å². The van der Waals surface area contributed by atoms with Crippen LogP contribution >= 0.6 is 0 Å². The second-order valence-electron chi connectivity index (χ2n) is 8.87. The fourth-order valence-electron chi connectivity index (χ4n) is 4.38. The third-order valence-corrected chi connectivity index (χ3v) is 7.95. The van der Waals surface area contributed by atoms with Gasteiger partial charge in [-0.15, -0.1) is 0 Å². The summed E-state index contributed by atoms with van der Waals surface area (Å²) in [5.74, 6) is 0.400. The number of pyridine rings is 1. The first-order valence-electron chi connectivity index (χ1n) is 11.5. The number of sulfonamides is 1. The van der Waals surface area contributed by atoms with Crippen LogP contribution in [0.5, 0.6) is 11.5 Å². The maximum Gasteiger partial charge on any atom is 0.252 e. The first-order chi connectivity index (χ1) is 17.2. The van der Waals surface area contributed by atoms with Crippen molar-refractivity contribution in [1.29, 1.82) is 0 Å². The Kier molecular flexibility index (Phi) is 6.27. The molecule has 1 aromatic heterocycles. The van der Waals surface area contributed by atoms with Crippen LogP contribution in [-0.4, -0.2) is 30.9 Å². The Morgan fingerprint density at radius 2 is 1.64 bits per heavy atom. The van der Waals surface area contributed by atoms with Gasteiger partial charge in [-0.25, -0.2) is 12.8 Å². The van der Waals surface area contributed by atoms with Gasteiger partial charge in [0.2, 0.25) is 10.0 Å². The molecule has 1 N–H and O–H groups in total. The lowest BCUT2D eigenvalue weighted by atomic mass is 10.0. The highest BCUT2D eigenvalue weighted by molar-refractivity contribution is 7.89. The minimum absolute atomic E-state index is 0.0119. The minimum Gasteiger partial charge on any atom is -0.486 e. The molecule has 0 radical (unpaired) electrons. The highest BCUT2D eigenvalue weighted by atomic mass is 32.2. The second-order valence-corrected chi connectivity index (χ2v) is 10.8. The molecule has 9 heteroatoms. The number of hydrogen-bond acceptors (Lipinski definition) is 5. The van der Waals surface area contributed by atoms with Crippen molar-refractivity contribution >= 4 is 20.9 Å². The Morgan fingerprint density at radius 1 is 0.917 bits per heavy atom. The van der Waals surface area contributed by atoms with Crippen molar-refractivity contribution in [2.45, 2.75) is 31.8 Å². The van der Waals surface area contributed by atoms with Gasteiger partial charge in [-0.2, -0.15) is 4.31 Å². The predicted octanol–water partition coefficient (Wildman–Crippen LogP) is 4.45. The second kappa shape index (κ2) is 9.40. The molecule has 0 bridgehead atoms. The number of fused-ring (bicyclic) bond motifs is 2. The summed E-state index contributed by atoms with van der Waals surface area (Å²) in [6.45, 7) is 4.37. The molecular formula is C27H25FN2O5S. The van der Waals surface area contributed by atoms with E-state index < -0.39 is 15.8 Å². The Bertz CT molecular complexity index is 1610. The molecule has 0 unspecified atom stereocenters. The SMILES string of the molecule is Cc1cc(C)c2cc(CN(Cc3ccc(F)cc3)S(=O)(=O)c3ccc4c(c3)OCCO4)c(=O)[nH]c2c1. The standard InChI is InChI=1S/C27H25FN2O5S/c1-17-11-18(2)23-13-20(27(31)29-24(23)12-17)16-30(15-19-3-5-21(28)6-4-19)36(32,33)22-7-8-25-26(14-22)35-10-9-34-25/h3-8,11-14H,9-10,15-16H2,1-2H3,(H,29,31). The molecule has 1 aliphatic rings. The fourth-order valence-corrected chi connectivity index (χ4v) is 5.80. The Balaban J connectivity index is 1.58. The fraction of sp³-hybridized carbons (Fsp3) is 0.222. The van der Waals surface area contributed by atoms with Crippen LogP contribution in [0.2, 0.25) is 0 Å². The third kappa shape index (κ3) is 4.72. The largest absolute Gasteiger partial charge is 0.486 e. The average Bonchev–Trinajstić information content (AvgIpc) is 2.85. The Hall–Kier alpha value is -3.69. The number of ether oxygens (including phenoxy) is 2. The molecule has 186 valence electrons. The number of nitrogens with zero attached hydrogens (tertiary/aromatic N) is 1. The molecule has 0 amide bonds. The van der Waals surface area contributed by atoms with E-state index in [1.165, 1.54) is 40.7 Å². The highest BCUT2D eigenvalue weighted by Gasteiger charge is 2.28. The van der Waals surface area contributed by atoms with Crippen molar-refractivity contribution in [1.82, 2.24) is 9.29 Å². The van der Waals surface area contributed by atoms with Gasteiger partial charge in [0.1, 0.15) is 19.0 Å². The van der Waals surface area contributed by atoms with Gasteiger partial charge >= 0.3 is 0 Å². The van der Waals surface area contributed by atoms with E-state index in [4.69, 9.17) is 9.47 Å². The molecule has 7 nitrogen and oxygen atoms in total. The summed E-state index contributed by atoms with van der Waals surface area (Å²) < 4.78 is 53.4. The van der Waals surface area contributed by atoms with E-state index in [9.17, 15) is 17.6 Å². The molecule has 0 aliphatic carbocycles. The maximum absolute atomic E-state index is 13.8. The zero-order valence-corrected chi connectivity index (χ0v) is 20.7. The van der Waals surface area contributed by atoms with E-state index in [2.05, 4.69) is 4.98 Å². The number of aryl methyl sites for hydroxylation is 2. The monoisotopic (exact) mass is 508 g/mol. The van der Waals surface area contributed by atoms with Gasteiger partial charge in [0.15, 0.2) is 11.5 Å². The molecule has 3 aromatic carbocycles. The number of nitrogens with one attached hydrogen (secondary N) is 1. The van der Waals surface area contributed by atoms with Crippen molar-refractivity contribution in [3.63, 3.8) is 0 Å². The zero-order chi connectivity index (χ0) is 25.4. The Morgan fingerprint density at radius 3 is 2.39 bits per heavy atom. The quantitative estimate of drug-likeness (QED) is 0.416. The van der Waals surface area contributed by atoms with E-state index in [-0.39, 0.29) is 23.5 Å². The topological polar surface area (TPSA) is 88.7 Å². The van der Waals surface area contributed by atoms with E-state index >= 15 is 0 Å². The summed E-state index contributed by atoms with van der Waals surface area (Å²) in [5, 5.41) is 0.841. The number of hydrogen-bond donors (Lipinski definition) is 1. The molecule has 1 aliphatic heterocycles. The number of H-pyrrole nitrogens is 1. The smallest absolute Gasteiger partial charge is 0.252 e. The summed E-state index contributed by atoms with van der Waals surface area (Å²) in [5.41, 5.74) is 3.21. The molecule has 36 heavy (non-hydrogen) atoms. The van der Waals surface area contributed by atoms with Crippen molar-refractivity contribution < 1.29 is 22.3 Å². The van der Waals surface area contributed by atoms with Crippen molar-refractivity contribution in [3.8, 4) is 11.5 Å². The molecule has 5 rings (SSSR count). The van der Waals surface area contributed by atoms with Gasteiger partial charge in [-0.1, -0.05) is 18.2 Å². The van der Waals surface area contributed by atoms with Crippen LogP contribution in [-0.2, 0) is 23.1 Å². The lowest BCUT2D eigenvalue weighted by Crippen LogP contribution is -2.32. The molecule has 0 atom stereocenters. The molecular weight excluding hydrogens is 483 g/mol. The van der Waals surface area contributed by atoms with Crippen LogP contribution in [0.4, 0.5) is 4.39 Å².